The Morgan fingerprint density at radius 3 is 2.64 bits per heavy atom. The molecule has 0 N–H and O–H groups in total. The van der Waals surface area contributed by atoms with Gasteiger partial charge in [0.05, 0.1) is 5.69 Å². The Morgan fingerprint density at radius 1 is 1.00 bits per heavy atom. The second-order valence-electron chi connectivity index (χ2n) is 5.90. The fourth-order valence-corrected chi connectivity index (χ4v) is 2.84. The highest BCUT2D eigenvalue weighted by molar-refractivity contribution is 5.97. The first-order valence-corrected chi connectivity index (χ1v) is 8.01. The molecule has 2 aromatic heterocycles. The lowest BCUT2D eigenvalue weighted by Gasteiger charge is -2.04. The van der Waals surface area contributed by atoms with E-state index in [4.69, 9.17) is 0 Å². The van der Waals surface area contributed by atoms with Crippen LogP contribution in [0.2, 0.25) is 0 Å². The molecule has 0 saturated carbocycles. The van der Waals surface area contributed by atoms with Gasteiger partial charge in [0.25, 0.3) is 0 Å². The van der Waals surface area contributed by atoms with Gasteiger partial charge in [0.1, 0.15) is 11.5 Å². The molecule has 0 atom stereocenters. The van der Waals surface area contributed by atoms with Crippen molar-refractivity contribution >= 4 is 11.4 Å². The monoisotopic (exact) mass is 330 g/mol. The van der Waals surface area contributed by atoms with E-state index in [2.05, 4.69) is 4.98 Å². The van der Waals surface area contributed by atoms with E-state index < -0.39 is 0 Å². The summed E-state index contributed by atoms with van der Waals surface area (Å²) >= 11 is 0. The van der Waals surface area contributed by atoms with Crippen molar-refractivity contribution in [2.24, 2.45) is 0 Å². The van der Waals surface area contributed by atoms with Crippen molar-refractivity contribution < 1.29 is 9.18 Å². The Hall–Kier alpha value is -3.27. The molecule has 2 heterocycles. The lowest BCUT2D eigenvalue weighted by molar-refractivity contribution is 0.0993. The Kier molecular flexibility index (Phi) is 3.86. The van der Waals surface area contributed by atoms with Crippen LogP contribution in [0.5, 0.6) is 0 Å². The molecule has 0 unspecified atom stereocenters. The van der Waals surface area contributed by atoms with E-state index in [-0.39, 0.29) is 18.0 Å². The van der Waals surface area contributed by atoms with Crippen molar-refractivity contribution in [3.8, 4) is 11.3 Å². The van der Waals surface area contributed by atoms with Gasteiger partial charge >= 0.3 is 0 Å². The van der Waals surface area contributed by atoms with Crippen molar-refractivity contribution in [3.63, 3.8) is 0 Å². The average Bonchev–Trinajstić information content (AvgIpc) is 3.07. The van der Waals surface area contributed by atoms with Gasteiger partial charge in [0, 0.05) is 29.9 Å². The van der Waals surface area contributed by atoms with E-state index in [0.717, 1.165) is 22.5 Å². The lowest BCUT2D eigenvalue weighted by Crippen LogP contribution is -2.03. The van der Waals surface area contributed by atoms with E-state index in [0.29, 0.717) is 5.56 Å². The molecule has 122 valence electrons. The van der Waals surface area contributed by atoms with Crippen LogP contribution < -0.4 is 0 Å². The number of carbonyl (C=O) groups is 1. The highest BCUT2D eigenvalue weighted by atomic mass is 19.1. The van der Waals surface area contributed by atoms with E-state index in [1.807, 2.05) is 59.3 Å². The zero-order valence-electron chi connectivity index (χ0n) is 13.4. The fourth-order valence-electron chi connectivity index (χ4n) is 2.84. The number of halogens is 1. The predicted molar refractivity (Wildman–Crippen MR) is 95.1 cm³/mol. The molecule has 0 radical (unpaired) electrons. The quantitative estimate of drug-likeness (QED) is 0.514. The Balaban J connectivity index is 1.60. The van der Waals surface area contributed by atoms with Gasteiger partial charge in [-0.3, -0.25) is 4.79 Å². The lowest BCUT2D eigenvalue weighted by atomic mass is 10.0. The highest BCUT2D eigenvalue weighted by Crippen LogP contribution is 2.21. The summed E-state index contributed by atoms with van der Waals surface area (Å²) in [6, 6.07) is 19.3. The second kappa shape index (κ2) is 6.32. The van der Waals surface area contributed by atoms with Gasteiger partial charge in [-0.1, -0.05) is 24.3 Å². The number of pyridine rings is 1. The van der Waals surface area contributed by atoms with Gasteiger partial charge in [-0.25, -0.2) is 9.37 Å². The number of Topliss-reactive ketones (excluding diaryl/α,β-unsaturated/α-hetero) is 1. The Bertz CT molecular complexity index is 1020. The van der Waals surface area contributed by atoms with Crippen molar-refractivity contribution in [2.45, 2.75) is 6.42 Å². The molecular weight excluding hydrogens is 315 g/mol. The molecule has 0 fully saturated rings. The molecule has 25 heavy (non-hydrogen) atoms. The third kappa shape index (κ3) is 3.19. The van der Waals surface area contributed by atoms with Crippen LogP contribution in [0, 0.1) is 5.82 Å². The summed E-state index contributed by atoms with van der Waals surface area (Å²) in [4.78, 5) is 17.0. The van der Waals surface area contributed by atoms with Crippen molar-refractivity contribution in [1.29, 1.82) is 0 Å². The van der Waals surface area contributed by atoms with Gasteiger partial charge in [-0.15, -0.1) is 0 Å². The minimum Gasteiger partial charge on any atom is -0.306 e. The van der Waals surface area contributed by atoms with Crippen LogP contribution in [0.1, 0.15) is 15.9 Å². The first-order valence-electron chi connectivity index (χ1n) is 8.01. The van der Waals surface area contributed by atoms with E-state index in [1.165, 1.54) is 24.3 Å². The fraction of sp³-hybridized carbons (Fsp3) is 0.0476. The zero-order chi connectivity index (χ0) is 17.2. The van der Waals surface area contributed by atoms with Crippen LogP contribution in [0.4, 0.5) is 4.39 Å². The van der Waals surface area contributed by atoms with Gasteiger partial charge in [-0.2, -0.15) is 0 Å². The van der Waals surface area contributed by atoms with Crippen molar-refractivity contribution in [1.82, 2.24) is 9.38 Å². The van der Waals surface area contributed by atoms with Crippen LogP contribution in [0.3, 0.4) is 0 Å². The van der Waals surface area contributed by atoms with Gasteiger partial charge in [0.2, 0.25) is 0 Å². The minimum absolute atomic E-state index is 0.0350. The number of fused-ring (bicyclic) bond motifs is 1. The number of imidazole rings is 1. The Labute approximate surface area is 144 Å². The molecule has 4 heteroatoms. The molecule has 0 saturated heterocycles. The summed E-state index contributed by atoms with van der Waals surface area (Å²) < 4.78 is 14.9. The molecule has 0 aliphatic rings. The van der Waals surface area contributed by atoms with Crippen LogP contribution in [0.15, 0.2) is 79.1 Å². The van der Waals surface area contributed by atoms with E-state index in [9.17, 15) is 9.18 Å². The molecule has 0 spiro atoms. The molecule has 0 bridgehead atoms. The van der Waals surface area contributed by atoms with Crippen molar-refractivity contribution in [2.75, 3.05) is 0 Å². The van der Waals surface area contributed by atoms with Crippen LogP contribution in [-0.2, 0) is 6.42 Å². The molecular formula is C21H15FN2O. The summed E-state index contributed by atoms with van der Waals surface area (Å²) in [6.07, 6.45) is 4.19. The molecule has 0 amide bonds. The number of aromatic nitrogens is 2. The number of hydrogen-bond donors (Lipinski definition) is 0. The maximum Gasteiger partial charge on any atom is 0.167 e. The second-order valence-corrected chi connectivity index (χ2v) is 5.90. The normalized spacial score (nSPS) is 10.9. The van der Waals surface area contributed by atoms with Gasteiger partial charge in [0.15, 0.2) is 5.78 Å². The minimum atomic E-state index is -0.342. The topological polar surface area (TPSA) is 34.4 Å². The predicted octanol–water partition coefficient (Wildman–Crippen LogP) is 4.57. The third-order valence-electron chi connectivity index (χ3n) is 4.12. The SMILES string of the molecule is O=C(Cc1cccc(-c2cn3ccccc3n2)c1)c1ccc(F)cc1. The number of nitrogens with zero attached hydrogens (tertiary/aromatic N) is 2. The molecule has 0 aliphatic carbocycles. The largest absolute Gasteiger partial charge is 0.306 e. The molecule has 2 aromatic carbocycles. The maximum absolute atomic E-state index is 13.0. The Morgan fingerprint density at radius 2 is 1.84 bits per heavy atom. The van der Waals surface area contributed by atoms with Gasteiger partial charge in [-0.05, 0) is 48.0 Å². The summed E-state index contributed by atoms with van der Waals surface area (Å²) in [5, 5.41) is 0. The molecule has 3 nitrogen and oxygen atoms in total. The van der Waals surface area contributed by atoms with E-state index in [1.54, 1.807) is 0 Å². The first kappa shape index (κ1) is 15.3. The average molecular weight is 330 g/mol. The summed E-state index contributed by atoms with van der Waals surface area (Å²) in [5.41, 5.74) is 4.13. The number of ketones is 1. The maximum atomic E-state index is 13.0. The summed E-state index contributed by atoms with van der Waals surface area (Å²) in [7, 11) is 0. The summed E-state index contributed by atoms with van der Waals surface area (Å²) in [6.45, 7) is 0. The summed E-state index contributed by atoms with van der Waals surface area (Å²) in [5.74, 6) is -0.377. The molecule has 4 rings (SSSR count). The standard InChI is InChI=1S/C21H15FN2O/c22-18-9-7-16(8-10-18)20(25)13-15-4-3-5-17(12-15)19-14-24-11-2-1-6-21(24)23-19/h1-12,14H,13H2. The number of carbonyl (C=O) groups excluding carboxylic acids is 1. The number of hydrogen-bond acceptors (Lipinski definition) is 2. The zero-order valence-corrected chi connectivity index (χ0v) is 13.4. The molecule has 0 aliphatic heterocycles. The van der Waals surface area contributed by atoms with Crippen LogP contribution in [-0.4, -0.2) is 15.2 Å². The third-order valence-corrected chi connectivity index (χ3v) is 4.12. The number of rotatable bonds is 4. The van der Waals surface area contributed by atoms with Crippen molar-refractivity contribution in [3.05, 3.63) is 96.1 Å². The smallest absolute Gasteiger partial charge is 0.167 e. The van der Waals surface area contributed by atoms with E-state index >= 15 is 0 Å². The van der Waals surface area contributed by atoms with Crippen LogP contribution in [0.25, 0.3) is 16.9 Å². The highest BCUT2D eigenvalue weighted by Gasteiger charge is 2.09. The molecule has 4 aromatic rings. The number of benzene rings is 2. The first-order chi connectivity index (χ1) is 12.2. The van der Waals surface area contributed by atoms with Crippen LogP contribution >= 0.6 is 0 Å². The van der Waals surface area contributed by atoms with Gasteiger partial charge < -0.3 is 4.40 Å².